The first kappa shape index (κ1) is 21.6. The molecule has 1 aliphatic heterocycles. The van der Waals surface area contributed by atoms with Gasteiger partial charge in [0.1, 0.15) is 0 Å². The average Bonchev–Trinajstić information content (AvgIpc) is 2.71. The van der Waals surface area contributed by atoms with Crippen molar-refractivity contribution in [2.45, 2.75) is 25.8 Å². The predicted molar refractivity (Wildman–Crippen MR) is 105 cm³/mol. The standard InChI is InChI=1S/C21H28N2O5/c1-16(14-27-2)22-19(24)15-28-21(26)18-10-12-23(13-11-18)20(25)9-8-17-6-4-3-5-7-17/h3-9,16,18H,10-15H2,1-2H3,(H,22,24). The summed E-state index contributed by atoms with van der Waals surface area (Å²) >= 11 is 0. The first-order chi connectivity index (χ1) is 13.5. The van der Waals surface area contributed by atoms with Crippen LogP contribution in [0.3, 0.4) is 0 Å². The Morgan fingerprint density at radius 3 is 2.54 bits per heavy atom. The van der Waals surface area contributed by atoms with Crippen molar-refractivity contribution >= 4 is 23.9 Å². The van der Waals surface area contributed by atoms with Crippen LogP contribution >= 0.6 is 0 Å². The van der Waals surface area contributed by atoms with Gasteiger partial charge in [0.25, 0.3) is 5.91 Å². The van der Waals surface area contributed by atoms with Crippen LogP contribution in [0.2, 0.25) is 0 Å². The molecule has 2 rings (SSSR count). The van der Waals surface area contributed by atoms with E-state index in [0.29, 0.717) is 32.5 Å². The molecular formula is C21H28N2O5. The van der Waals surface area contributed by atoms with Crippen LogP contribution in [0.1, 0.15) is 25.3 Å². The van der Waals surface area contributed by atoms with Gasteiger partial charge in [-0.15, -0.1) is 0 Å². The Hall–Kier alpha value is -2.67. The number of nitrogens with one attached hydrogen (secondary N) is 1. The summed E-state index contributed by atoms with van der Waals surface area (Å²) in [6.07, 6.45) is 4.41. The van der Waals surface area contributed by atoms with Crippen molar-refractivity contribution in [3.05, 3.63) is 42.0 Å². The lowest BCUT2D eigenvalue weighted by atomic mass is 9.97. The summed E-state index contributed by atoms with van der Waals surface area (Å²) < 4.78 is 10.1. The monoisotopic (exact) mass is 388 g/mol. The molecule has 2 amide bonds. The summed E-state index contributed by atoms with van der Waals surface area (Å²) in [6, 6.07) is 9.47. The highest BCUT2D eigenvalue weighted by Crippen LogP contribution is 2.19. The van der Waals surface area contributed by atoms with Crippen molar-refractivity contribution in [2.24, 2.45) is 5.92 Å². The van der Waals surface area contributed by atoms with E-state index in [2.05, 4.69) is 5.32 Å². The minimum absolute atomic E-state index is 0.0674. The van der Waals surface area contributed by atoms with E-state index >= 15 is 0 Å². The fourth-order valence-corrected chi connectivity index (χ4v) is 3.04. The van der Waals surface area contributed by atoms with Crippen LogP contribution in [0.4, 0.5) is 0 Å². The molecule has 1 saturated heterocycles. The summed E-state index contributed by atoms with van der Waals surface area (Å²) in [5.41, 5.74) is 0.965. The maximum absolute atomic E-state index is 12.3. The van der Waals surface area contributed by atoms with Gasteiger partial charge < -0.3 is 19.7 Å². The van der Waals surface area contributed by atoms with E-state index in [-0.39, 0.29) is 36.4 Å². The second-order valence-electron chi connectivity index (χ2n) is 6.88. The zero-order valence-corrected chi connectivity index (χ0v) is 16.4. The van der Waals surface area contributed by atoms with Gasteiger partial charge in [-0.3, -0.25) is 14.4 Å². The van der Waals surface area contributed by atoms with Gasteiger partial charge in [-0.1, -0.05) is 30.3 Å². The Bertz CT molecular complexity index is 681. The largest absolute Gasteiger partial charge is 0.455 e. The fourth-order valence-electron chi connectivity index (χ4n) is 3.04. The van der Waals surface area contributed by atoms with Crippen LogP contribution in [-0.4, -0.2) is 62.1 Å². The maximum Gasteiger partial charge on any atom is 0.309 e. The van der Waals surface area contributed by atoms with Crippen LogP contribution in [0.15, 0.2) is 36.4 Å². The summed E-state index contributed by atoms with van der Waals surface area (Å²) in [7, 11) is 1.55. The number of benzene rings is 1. The van der Waals surface area contributed by atoms with Gasteiger partial charge in [0.05, 0.1) is 12.5 Å². The molecule has 0 aliphatic carbocycles. The van der Waals surface area contributed by atoms with Gasteiger partial charge in [-0.25, -0.2) is 0 Å². The Labute approximate surface area is 165 Å². The molecule has 0 spiro atoms. The molecule has 0 saturated carbocycles. The molecule has 1 unspecified atom stereocenters. The lowest BCUT2D eigenvalue weighted by molar-refractivity contribution is -0.154. The Morgan fingerprint density at radius 1 is 1.21 bits per heavy atom. The smallest absolute Gasteiger partial charge is 0.309 e. The minimum atomic E-state index is -0.388. The van der Waals surface area contributed by atoms with Gasteiger partial charge in [-0.2, -0.15) is 0 Å². The second kappa shape index (κ2) is 11.2. The molecule has 1 fully saturated rings. The highest BCUT2D eigenvalue weighted by Gasteiger charge is 2.28. The molecule has 7 nitrogen and oxygen atoms in total. The number of amides is 2. The molecule has 1 heterocycles. The quantitative estimate of drug-likeness (QED) is 0.541. The van der Waals surface area contributed by atoms with Crippen LogP contribution in [0.25, 0.3) is 6.08 Å². The molecule has 1 aliphatic rings. The van der Waals surface area contributed by atoms with Gasteiger partial charge in [0.15, 0.2) is 6.61 Å². The Balaban J connectivity index is 1.71. The lowest BCUT2D eigenvalue weighted by Gasteiger charge is -2.30. The number of rotatable bonds is 8. The normalized spacial score (nSPS) is 16.0. The zero-order chi connectivity index (χ0) is 20.4. The molecule has 28 heavy (non-hydrogen) atoms. The third kappa shape index (κ3) is 7.15. The number of carbonyl (C=O) groups excluding carboxylic acids is 3. The van der Waals surface area contributed by atoms with Gasteiger partial charge >= 0.3 is 5.97 Å². The van der Waals surface area contributed by atoms with E-state index in [0.717, 1.165) is 5.56 Å². The zero-order valence-electron chi connectivity index (χ0n) is 16.4. The van der Waals surface area contributed by atoms with Crippen molar-refractivity contribution in [3.8, 4) is 0 Å². The summed E-state index contributed by atoms with van der Waals surface area (Å²) in [6.45, 7) is 2.89. The molecule has 1 N–H and O–H groups in total. The van der Waals surface area contributed by atoms with Crippen molar-refractivity contribution in [2.75, 3.05) is 33.4 Å². The first-order valence-corrected chi connectivity index (χ1v) is 9.46. The van der Waals surface area contributed by atoms with E-state index in [1.807, 2.05) is 37.3 Å². The van der Waals surface area contributed by atoms with Crippen molar-refractivity contribution in [1.29, 1.82) is 0 Å². The Morgan fingerprint density at radius 2 is 1.89 bits per heavy atom. The second-order valence-corrected chi connectivity index (χ2v) is 6.88. The van der Waals surface area contributed by atoms with E-state index in [1.54, 1.807) is 24.2 Å². The van der Waals surface area contributed by atoms with Crippen LogP contribution in [0.5, 0.6) is 0 Å². The molecule has 0 radical (unpaired) electrons. The highest BCUT2D eigenvalue weighted by atomic mass is 16.5. The fraction of sp³-hybridized carbons (Fsp3) is 0.476. The van der Waals surface area contributed by atoms with E-state index in [9.17, 15) is 14.4 Å². The molecule has 152 valence electrons. The van der Waals surface area contributed by atoms with E-state index < -0.39 is 0 Å². The minimum Gasteiger partial charge on any atom is -0.455 e. The molecule has 1 aromatic carbocycles. The number of hydrogen-bond acceptors (Lipinski definition) is 5. The number of likely N-dealkylation sites (tertiary alicyclic amines) is 1. The van der Waals surface area contributed by atoms with Gasteiger partial charge in [0, 0.05) is 32.3 Å². The van der Waals surface area contributed by atoms with Crippen molar-refractivity contribution in [1.82, 2.24) is 10.2 Å². The predicted octanol–water partition coefficient (Wildman–Crippen LogP) is 1.63. The third-order valence-corrected chi connectivity index (χ3v) is 4.53. The maximum atomic E-state index is 12.3. The number of hydrogen-bond donors (Lipinski definition) is 1. The van der Waals surface area contributed by atoms with Gasteiger partial charge in [0.2, 0.25) is 5.91 Å². The topological polar surface area (TPSA) is 84.9 Å². The molecule has 0 aromatic heterocycles. The third-order valence-electron chi connectivity index (χ3n) is 4.53. The first-order valence-electron chi connectivity index (χ1n) is 9.46. The summed E-state index contributed by atoms with van der Waals surface area (Å²) in [5.74, 6) is -1.09. The average molecular weight is 388 g/mol. The number of esters is 1. The molecule has 7 heteroatoms. The summed E-state index contributed by atoms with van der Waals surface area (Å²) in [5, 5.41) is 2.69. The number of ether oxygens (including phenoxy) is 2. The molecule has 1 aromatic rings. The number of piperidine rings is 1. The number of nitrogens with zero attached hydrogens (tertiary/aromatic N) is 1. The highest BCUT2D eigenvalue weighted by molar-refractivity contribution is 5.92. The number of methoxy groups -OCH3 is 1. The molecule has 1 atom stereocenters. The molecular weight excluding hydrogens is 360 g/mol. The Kier molecular flexibility index (Phi) is 8.68. The lowest BCUT2D eigenvalue weighted by Crippen LogP contribution is -2.41. The van der Waals surface area contributed by atoms with E-state index in [1.165, 1.54) is 0 Å². The van der Waals surface area contributed by atoms with Crippen LogP contribution < -0.4 is 5.32 Å². The SMILES string of the molecule is COCC(C)NC(=O)COC(=O)C1CCN(C(=O)C=Cc2ccccc2)CC1. The van der Waals surface area contributed by atoms with Gasteiger partial charge in [-0.05, 0) is 31.4 Å². The van der Waals surface area contributed by atoms with Crippen molar-refractivity contribution in [3.63, 3.8) is 0 Å². The van der Waals surface area contributed by atoms with E-state index in [4.69, 9.17) is 9.47 Å². The summed E-state index contributed by atoms with van der Waals surface area (Å²) in [4.78, 5) is 37.9. The molecule has 0 bridgehead atoms. The van der Waals surface area contributed by atoms with Crippen molar-refractivity contribution < 1.29 is 23.9 Å². The number of carbonyl (C=O) groups is 3. The van der Waals surface area contributed by atoms with Crippen LogP contribution in [-0.2, 0) is 23.9 Å². The van der Waals surface area contributed by atoms with Crippen LogP contribution in [0, 0.1) is 5.92 Å².